The normalized spacial score (nSPS) is 15.9. The SMILES string of the molecule is CC1=C(C(=O)OC(C)(C)C)C(c2cccc(Br)c2)C(C(=O)OC(C)(C)C)=C(C)N1. The molecule has 0 spiro atoms. The summed E-state index contributed by atoms with van der Waals surface area (Å²) >= 11 is 3.49. The Balaban J connectivity index is 2.65. The van der Waals surface area contributed by atoms with Crippen LogP contribution >= 0.6 is 15.9 Å². The molecule has 5 nitrogen and oxygen atoms in total. The molecule has 6 heteroatoms. The Morgan fingerprint density at radius 1 is 0.897 bits per heavy atom. The lowest BCUT2D eigenvalue weighted by Gasteiger charge is -2.33. The number of esters is 2. The van der Waals surface area contributed by atoms with E-state index in [4.69, 9.17) is 9.47 Å². The fourth-order valence-corrected chi connectivity index (χ4v) is 3.64. The number of benzene rings is 1. The van der Waals surface area contributed by atoms with Gasteiger partial charge in [-0.15, -0.1) is 0 Å². The first-order valence-corrected chi connectivity index (χ1v) is 10.4. The molecule has 1 aliphatic heterocycles. The molecule has 1 aromatic carbocycles. The number of hydrogen-bond acceptors (Lipinski definition) is 5. The van der Waals surface area contributed by atoms with Crippen molar-refractivity contribution in [2.75, 3.05) is 0 Å². The van der Waals surface area contributed by atoms with Gasteiger partial charge in [0.25, 0.3) is 0 Å². The minimum atomic E-state index is -0.658. The van der Waals surface area contributed by atoms with Crippen LogP contribution in [0.3, 0.4) is 0 Å². The zero-order valence-corrected chi connectivity index (χ0v) is 20.0. The molecule has 0 atom stereocenters. The highest BCUT2D eigenvalue weighted by molar-refractivity contribution is 9.10. The van der Waals surface area contributed by atoms with E-state index >= 15 is 0 Å². The molecule has 0 fully saturated rings. The third kappa shape index (κ3) is 5.95. The summed E-state index contributed by atoms with van der Waals surface area (Å²) in [5.74, 6) is -1.51. The highest BCUT2D eigenvalue weighted by Gasteiger charge is 2.39. The molecule has 1 aliphatic rings. The van der Waals surface area contributed by atoms with Gasteiger partial charge in [-0.1, -0.05) is 28.1 Å². The number of dihydropyridines is 1. The Bertz CT molecular complexity index is 835. The number of carbonyl (C=O) groups is 2. The molecule has 0 aliphatic carbocycles. The number of rotatable bonds is 3. The van der Waals surface area contributed by atoms with Crippen LogP contribution in [0.25, 0.3) is 0 Å². The molecule has 0 aromatic heterocycles. The summed E-state index contributed by atoms with van der Waals surface area (Å²) in [7, 11) is 0. The first-order valence-electron chi connectivity index (χ1n) is 9.60. The zero-order chi connectivity index (χ0) is 22.1. The van der Waals surface area contributed by atoms with Crippen LogP contribution in [0.4, 0.5) is 0 Å². The van der Waals surface area contributed by atoms with Crippen molar-refractivity contribution in [2.45, 2.75) is 72.5 Å². The summed E-state index contributed by atoms with van der Waals surface area (Å²) in [6, 6.07) is 7.59. The van der Waals surface area contributed by atoms with E-state index < -0.39 is 29.1 Å². The van der Waals surface area contributed by atoms with Crippen molar-refractivity contribution in [2.24, 2.45) is 0 Å². The number of halogens is 1. The highest BCUT2D eigenvalue weighted by atomic mass is 79.9. The van der Waals surface area contributed by atoms with E-state index in [1.165, 1.54) is 0 Å². The van der Waals surface area contributed by atoms with Gasteiger partial charge in [0, 0.05) is 15.9 Å². The average Bonchev–Trinajstić information content (AvgIpc) is 2.50. The Morgan fingerprint density at radius 3 is 1.72 bits per heavy atom. The second-order valence-corrected chi connectivity index (χ2v) is 10.1. The van der Waals surface area contributed by atoms with Gasteiger partial charge in [-0.2, -0.15) is 0 Å². The van der Waals surface area contributed by atoms with Gasteiger partial charge < -0.3 is 14.8 Å². The minimum absolute atomic E-state index is 0.407. The van der Waals surface area contributed by atoms with Crippen LogP contribution in [0, 0.1) is 0 Å². The molecule has 158 valence electrons. The monoisotopic (exact) mass is 463 g/mol. The fraction of sp³-hybridized carbons (Fsp3) is 0.478. The Kier molecular flexibility index (Phi) is 6.68. The van der Waals surface area contributed by atoms with E-state index in [9.17, 15) is 9.59 Å². The molecule has 0 unspecified atom stereocenters. The second-order valence-electron chi connectivity index (χ2n) is 9.19. The predicted molar refractivity (Wildman–Crippen MR) is 117 cm³/mol. The Morgan fingerprint density at radius 2 is 1.34 bits per heavy atom. The Hall–Kier alpha value is -2.08. The topological polar surface area (TPSA) is 64.6 Å². The maximum absolute atomic E-state index is 13.1. The highest BCUT2D eigenvalue weighted by Crippen LogP contribution is 2.40. The van der Waals surface area contributed by atoms with Gasteiger partial charge in [0.2, 0.25) is 0 Å². The lowest BCUT2D eigenvalue weighted by Crippen LogP contribution is -2.36. The lowest BCUT2D eigenvalue weighted by molar-refractivity contribution is -0.150. The van der Waals surface area contributed by atoms with E-state index in [0.29, 0.717) is 22.5 Å². The molecule has 0 saturated carbocycles. The third-order valence-electron chi connectivity index (χ3n) is 4.18. The van der Waals surface area contributed by atoms with E-state index in [-0.39, 0.29) is 0 Å². The molecule has 29 heavy (non-hydrogen) atoms. The number of carbonyl (C=O) groups excluding carboxylic acids is 2. The summed E-state index contributed by atoms with van der Waals surface area (Å²) < 4.78 is 12.2. The van der Waals surface area contributed by atoms with E-state index in [1.807, 2.05) is 79.7 Å². The number of ether oxygens (including phenoxy) is 2. The fourth-order valence-electron chi connectivity index (χ4n) is 3.22. The van der Waals surface area contributed by atoms with Crippen LogP contribution < -0.4 is 5.32 Å². The average molecular weight is 464 g/mol. The molecular formula is C23H30BrNO4. The minimum Gasteiger partial charge on any atom is -0.457 e. The van der Waals surface area contributed by atoms with Crippen molar-refractivity contribution in [3.05, 3.63) is 56.8 Å². The van der Waals surface area contributed by atoms with Gasteiger partial charge in [-0.25, -0.2) is 9.59 Å². The quantitative estimate of drug-likeness (QED) is 0.610. The van der Waals surface area contributed by atoms with Crippen LogP contribution in [-0.2, 0) is 19.1 Å². The van der Waals surface area contributed by atoms with Crippen LogP contribution in [0.15, 0.2) is 51.3 Å². The lowest BCUT2D eigenvalue weighted by atomic mass is 9.80. The van der Waals surface area contributed by atoms with Gasteiger partial charge in [-0.05, 0) is 73.1 Å². The van der Waals surface area contributed by atoms with Gasteiger partial charge in [-0.3, -0.25) is 0 Å². The third-order valence-corrected chi connectivity index (χ3v) is 4.67. The van der Waals surface area contributed by atoms with Gasteiger partial charge in [0.15, 0.2) is 0 Å². The van der Waals surface area contributed by atoms with Gasteiger partial charge >= 0.3 is 11.9 Å². The van der Waals surface area contributed by atoms with Crippen LogP contribution in [0.5, 0.6) is 0 Å². The van der Waals surface area contributed by atoms with Crippen LogP contribution in [-0.4, -0.2) is 23.1 Å². The Labute approximate surface area is 181 Å². The molecule has 0 bridgehead atoms. The maximum Gasteiger partial charge on any atom is 0.337 e. The summed E-state index contributed by atoms with van der Waals surface area (Å²) in [5.41, 5.74) is 1.63. The van der Waals surface area contributed by atoms with Crippen molar-refractivity contribution in [3.63, 3.8) is 0 Å². The number of allylic oxidation sites excluding steroid dienone is 2. The zero-order valence-electron chi connectivity index (χ0n) is 18.4. The van der Waals surface area contributed by atoms with Crippen molar-refractivity contribution in [1.29, 1.82) is 0 Å². The van der Waals surface area contributed by atoms with Crippen molar-refractivity contribution in [1.82, 2.24) is 5.32 Å². The molecule has 1 heterocycles. The first kappa shape index (κ1) is 23.2. The van der Waals surface area contributed by atoms with Gasteiger partial charge in [0.05, 0.1) is 17.1 Å². The maximum atomic E-state index is 13.1. The summed E-state index contributed by atoms with van der Waals surface area (Å²) in [6.07, 6.45) is 0. The number of hydrogen-bond donors (Lipinski definition) is 1. The van der Waals surface area contributed by atoms with Crippen molar-refractivity contribution >= 4 is 27.9 Å². The predicted octanol–water partition coefficient (Wildman–Crippen LogP) is 5.37. The number of nitrogens with one attached hydrogen (secondary N) is 1. The van der Waals surface area contributed by atoms with E-state index in [2.05, 4.69) is 21.2 Å². The molecule has 2 rings (SSSR count). The molecule has 0 amide bonds. The smallest absolute Gasteiger partial charge is 0.337 e. The largest absolute Gasteiger partial charge is 0.457 e. The summed E-state index contributed by atoms with van der Waals surface area (Å²) in [4.78, 5) is 26.3. The standard InChI is InChI=1S/C23H30BrNO4/c1-13-17(20(26)28-22(3,4)5)19(15-10-9-11-16(24)12-15)18(14(2)25-13)21(27)29-23(6,7)8/h9-12,19,25H,1-8H3. The van der Waals surface area contributed by atoms with Gasteiger partial charge in [0.1, 0.15) is 11.2 Å². The van der Waals surface area contributed by atoms with Crippen molar-refractivity contribution < 1.29 is 19.1 Å². The van der Waals surface area contributed by atoms with Crippen LogP contribution in [0.1, 0.15) is 66.9 Å². The van der Waals surface area contributed by atoms with Crippen molar-refractivity contribution in [3.8, 4) is 0 Å². The van der Waals surface area contributed by atoms with Crippen LogP contribution in [0.2, 0.25) is 0 Å². The molecule has 0 radical (unpaired) electrons. The van der Waals surface area contributed by atoms with E-state index in [1.54, 1.807) is 0 Å². The molecule has 1 aromatic rings. The van der Waals surface area contributed by atoms with E-state index in [0.717, 1.165) is 10.0 Å². The summed E-state index contributed by atoms with van der Waals surface area (Å²) in [6.45, 7) is 14.6. The second kappa shape index (κ2) is 8.34. The summed E-state index contributed by atoms with van der Waals surface area (Å²) in [5, 5.41) is 3.17. The first-order chi connectivity index (χ1) is 13.2. The molecule has 0 saturated heterocycles. The molecular weight excluding hydrogens is 434 g/mol. The molecule has 1 N–H and O–H groups in total.